The van der Waals surface area contributed by atoms with Crippen LogP contribution in [0.25, 0.3) is 0 Å². The Morgan fingerprint density at radius 3 is 2.81 bits per heavy atom. The first-order chi connectivity index (χ1) is 10.2. The molecule has 1 unspecified atom stereocenters. The van der Waals surface area contributed by atoms with E-state index in [2.05, 4.69) is 6.07 Å². The minimum absolute atomic E-state index is 0.0105. The molecule has 0 radical (unpaired) electrons. The first-order valence-electron chi connectivity index (χ1n) is 7.16. The van der Waals surface area contributed by atoms with Crippen LogP contribution in [-0.4, -0.2) is 12.9 Å². The van der Waals surface area contributed by atoms with Gasteiger partial charge in [-0.1, -0.05) is 24.3 Å². The highest BCUT2D eigenvalue weighted by atomic mass is 19.1. The van der Waals surface area contributed by atoms with Crippen molar-refractivity contribution in [3.05, 3.63) is 65.0 Å². The van der Waals surface area contributed by atoms with Gasteiger partial charge in [-0.3, -0.25) is 4.79 Å². The molecule has 0 spiro atoms. The number of ether oxygens (including phenoxy) is 1. The topological polar surface area (TPSA) is 26.3 Å². The lowest BCUT2D eigenvalue weighted by Gasteiger charge is -2.24. The molecule has 3 heteroatoms. The molecule has 108 valence electrons. The number of Topliss-reactive ketones (excluding diaryl/α,β-unsaturated/α-hetero) is 1. The highest BCUT2D eigenvalue weighted by Gasteiger charge is 2.27. The Morgan fingerprint density at radius 2 is 2.05 bits per heavy atom. The van der Waals surface area contributed by atoms with Crippen molar-refractivity contribution >= 4 is 5.78 Å². The smallest absolute Gasteiger partial charge is 0.170 e. The number of hydrogen-bond donors (Lipinski definition) is 0. The fraction of sp³-hybridized carbons (Fsp3) is 0.278. The van der Waals surface area contributed by atoms with Crippen molar-refractivity contribution in [1.82, 2.24) is 0 Å². The molecule has 0 heterocycles. The highest BCUT2D eigenvalue weighted by Crippen LogP contribution is 2.34. The molecule has 0 amide bonds. The van der Waals surface area contributed by atoms with E-state index in [0.717, 1.165) is 24.8 Å². The average molecular weight is 284 g/mol. The van der Waals surface area contributed by atoms with Crippen LogP contribution in [0.2, 0.25) is 0 Å². The van der Waals surface area contributed by atoms with E-state index < -0.39 is 5.82 Å². The first kappa shape index (κ1) is 13.8. The second-order valence-corrected chi connectivity index (χ2v) is 5.36. The molecule has 0 aliphatic heterocycles. The number of halogens is 1. The summed E-state index contributed by atoms with van der Waals surface area (Å²) in [6, 6.07) is 12.5. The average Bonchev–Trinajstić information content (AvgIpc) is 2.53. The molecule has 0 saturated heterocycles. The summed E-state index contributed by atoms with van der Waals surface area (Å²) in [5, 5.41) is 0. The van der Waals surface area contributed by atoms with Crippen molar-refractivity contribution < 1.29 is 13.9 Å². The van der Waals surface area contributed by atoms with Gasteiger partial charge in [0.2, 0.25) is 0 Å². The Morgan fingerprint density at radius 1 is 1.24 bits per heavy atom. The van der Waals surface area contributed by atoms with Gasteiger partial charge in [-0.25, -0.2) is 4.39 Å². The van der Waals surface area contributed by atoms with E-state index in [9.17, 15) is 9.18 Å². The SMILES string of the molecule is COc1ccc(C(=O)C2CCCc3ccccc32)cc1F. The summed E-state index contributed by atoms with van der Waals surface area (Å²) in [5.41, 5.74) is 2.73. The summed E-state index contributed by atoms with van der Waals surface area (Å²) in [6.45, 7) is 0. The van der Waals surface area contributed by atoms with Gasteiger partial charge in [0.1, 0.15) is 0 Å². The van der Waals surface area contributed by atoms with Gasteiger partial charge in [-0.2, -0.15) is 0 Å². The number of carbonyl (C=O) groups excluding carboxylic acids is 1. The third-order valence-corrected chi connectivity index (χ3v) is 4.12. The molecule has 0 fully saturated rings. The predicted octanol–water partition coefficient (Wildman–Crippen LogP) is 4.14. The molecule has 1 aliphatic rings. The van der Waals surface area contributed by atoms with Gasteiger partial charge in [-0.05, 0) is 48.6 Å². The lowest BCUT2D eigenvalue weighted by atomic mass is 9.79. The van der Waals surface area contributed by atoms with Gasteiger partial charge in [0, 0.05) is 11.5 Å². The largest absolute Gasteiger partial charge is 0.494 e. The number of benzene rings is 2. The Kier molecular flexibility index (Phi) is 3.74. The maximum absolute atomic E-state index is 13.8. The standard InChI is InChI=1S/C18H17FO2/c1-21-17-10-9-13(11-16(17)19)18(20)15-8-4-6-12-5-2-3-7-14(12)15/h2-3,5,7,9-11,15H,4,6,8H2,1H3. The molecule has 2 aromatic rings. The van der Waals surface area contributed by atoms with E-state index in [-0.39, 0.29) is 17.5 Å². The first-order valence-corrected chi connectivity index (χ1v) is 7.16. The number of fused-ring (bicyclic) bond motifs is 1. The normalized spacial score (nSPS) is 17.1. The minimum atomic E-state index is -0.493. The third-order valence-electron chi connectivity index (χ3n) is 4.12. The minimum Gasteiger partial charge on any atom is -0.494 e. The summed E-state index contributed by atoms with van der Waals surface area (Å²) in [5.74, 6) is -0.505. The van der Waals surface area contributed by atoms with Crippen LogP contribution in [0, 0.1) is 5.82 Å². The van der Waals surface area contributed by atoms with E-state index in [4.69, 9.17) is 4.74 Å². The summed E-state index contributed by atoms with van der Waals surface area (Å²) < 4.78 is 18.7. The summed E-state index contributed by atoms with van der Waals surface area (Å²) >= 11 is 0. The van der Waals surface area contributed by atoms with E-state index in [1.165, 1.54) is 24.8 Å². The number of methoxy groups -OCH3 is 1. The molecule has 0 aromatic heterocycles. The number of rotatable bonds is 3. The fourth-order valence-electron chi connectivity index (χ4n) is 3.05. The quantitative estimate of drug-likeness (QED) is 0.792. The number of aryl methyl sites for hydroxylation is 1. The summed E-state index contributed by atoms with van der Waals surface area (Å²) in [4.78, 5) is 12.7. The van der Waals surface area contributed by atoms with Gasteiger partial charge in [0.25, 0.3) is 0 Å². The monoisotopic (exact) mass is 284 g/mol. The van der Waals surface area contributed by atoms with Crippen LogP contribution in [0.15, 0.2) is 42.5 Å². The Hall–Kier alpha value is -2.16. The molecule has 0 saturated carbocycles. The summed E-state index contributed by atoms with van der Waals surface area (Å²) in [7, 11) is 1.41. The van der Waals surface area contributed by atoms with Gasteiger partial charge in [0.05, 0.1) is 7.11 Å². The number of hydrogen-bond acceptors (Lipinski definition) is 2. The van der Waals surface area contributed by atoms with Crippen LogP contribution >= 0.6 is 0 Å². The Bertz CT molecular complexity index is 679. The van der Waals surface area contributed by atoms with Crippen molar-refractivity contribution in [2.24, 2.45) is 0 Å². The van der Waals surface area contributed by atoms with Crippen LogP contribution in [-0.2, 0) is 6.42 Å². The predicted molar refractivity (Wildman–Crippen MR) is 79.4 cm³/mol. The maximum Gasteiger partial charge on any atom is 0.170 e. The Balaban J connectivity index is 1.95. The zero-order chi connectivity index (χ0) is 14.8. The van der Waals surface area contributed by atoms with Crippen LogP contribution in [0.1, 0.15) is 40.2 Å². The van der Waals surface area contributed by atoms with E-state index >= 15 is 0 Å². The molecular formula is C18H17FO2. The third kappa shape index (κ3) is 2.56. The molecule has 2 aromatic carbocycles. The van der Waals surface area contributed by atoms with Crippen molar-refractivity contribution in [3.63, 3.8) is 0 Å². The molecule has 0 N–H and O–H groups in total. The molecule has 1 aliphatic carbocycles. The highest BCUT2D eigenvalue weighted by molar-refractivity contribution is 6.01. The molecule has 1 atom stereocenters. The van der Waals surface area contributed by atoms with Gasteiger partial charge < -0.3 is 4.74 Å². The van der Waals surface area contributed by atoms with Gasteiger partial charge >= 0.3 is 0 Å². The molecule has 2 nitrogen and oxygen atoms in total. The number of carbonyl (C=O) groups is 1. The van der Waals surface area contributed by atoms with E-state index in [0.29, 0.717) is 5.56 Å². The van der Waals surface area contributed by atoms with E-state index in [1.807, 2.05) is 18.2 Å². The van der Waals surface area contributed by atoms with Crippen LogP contribution in [0.4, 0.5) is 4.39 Å². The van der Waals surface area contributed by atoms with Crippen molar-refractivity contribution in [1.29, 1.82) is 0 Å². The Labute approximate surface area is 123 Å². The lowest BCUT2D eigenvalue weighted by molar-refractivity contribution is 0.0950. The molecule has 21 heavy (non-hydrogen) atoms. The fourth-order valence-corrected chi connectivity index (χ4v) is 3.05. The van der Waals surface area contributed by atoms with Gasteiger partial charge in [-0.15, -0.1) is 0 Å². The second-order valence-electron chi connectivity index (χ2n) is 5.36. The molecule has 3 rings (SSSR count). The number of ketones is 1. The van der Waals surface area contributed by atoms with Crippen molar-refractivity contribution in [2.45, 2.75) is 25.2 Å². The molecular weight excluding hydrogens is 267 g/mol. The van der Waals surface area contributed by atoms with E-state index in [1.54, 1.807) is 6.07 Å². The molecule has 0 bridgehead atoms. The van der Waals surface area contributed by atoms with Crippen molar-refractivity contribution in [2.75, 3.05) is 7.11 Å². The van der Waals surface area contributed by atoms with Crippen LogP contribution in [0.5, 0.6) is 5.75 Å². The van der Waals surface area contributed by atoms with Crippen LogP contribution in [0.3, 0.4) is 0 Å². The zero-order valence-corrected chi connectivity index (χ0v) is 11.9. The van der Waals surface area contributed by atoms with Crippen LogP contribution < -0.4 is 4.74 Å². The lowest BCUT2D eigenvalue weighted by Crippen LogP contribution is -2.18. The zero-order valence-electron chi connectivity index (χ0n) is 11.9. The maximum atomic E-state index is 13.8. The van der Waals surface area contributed by atoms with Gasteiger partial charge in [0.15, 0.2) is 17.3 Å². The summed E-state index contributed by atoms with van der Waals surface area (Å²) in [6.07, 6.45) is 2.83. The second kappa shape index (κ2) is 5.68. The van der Waals surface area contributed by atoms with Crippen molar-refractivity contribution in [3.8, 4) is 5.75 Å².